The van der Waals surface area contributed by atoms with Crippen molar-refractivity contribution >= 4 is 29.4 Å². The molecule has 0 bridgehead atoms. The molecule has 6 nitrogen and oxygen atoms in total. The highest BCUT2D eigenvalue weighted by Crippen LogP contribution is 2.31. The number of hydrogen-bond donors (Lipinski definition) is 1. The summed E-state index contributed by atoms with van der Waals surface area (Å²) in [6, 6.07) is 11.9. The summed E-state index contributed by atoms with van der Waals surface area (Å²) in [5.41, 5.74) is 1.19. The lowest BCUT2D eigenvalue weighted by molar-refractivity contribution is -0.384. The number of rotatable bonds is 5. The van der Waals surface area contributed by atoms with E-state index in [1.165, 1.54) is 35.8 Å². The molecule has 1 aromatic heterocycles. The fraction of sp³-hybridized carbons (Fsp3) is 0.474. The van der Waals surface area contributed by atoms with Crippen molar-refractivity contribution in [2.24, 2.45) is 0 Å². The Morgan fingerprint density at radius 1 is 1.11 bits per heavy atom. The van der Waals surface area contributed by atoms with Crippen molar-refractivity contribution in [2.45, 2.75) is 19.0 Å². The average molecular weight is 409 g/mol. The van der Waals surface area contributed by atoms with Crippen molar-refractivity contribution in [3.05, 3.63) is 51.4 Å². The summed E-state index contributed by atoms with van der Waals surface area (Å²) in [5, 5.41) is 14.2. The van der Waals surface area contributed by atoms with Gasteiger partial charge in [-0.1, -0.05) is 0 Å². The summed E-state index contributed by atoms with van der Waals surface area (Å²) in [7, 11) is 0. The van der Waals surface area contributed by atoms with Crippen molar-refractivity contribution in [1.29, 1.82) is 0 Å². The predicted molar refractivity (Wildman–Crippen MR) is 112 cm³/mol. The Hall–Kier alpha value is -1.51. The normalized spacial score (nSPS) is 21.1. The number of nitro groups is 1. The fourth-order valence-electron chi connectivity index (χ4n) is 3.89. The van der Waals surface area contributed by atoms with Gasteiger partial charge in [-0.25, -0.2) is 0 Å². The Morgan fingerprint density at radius 2 is 1.85 bits per heavy atom. The molecule has 3 heterocycles. The van der Waals surface area contributed by atoms with Crippen molar-refractivity contribution in [3.8, 4) is 10.4 Å². The number of nitrogens with one attached hydrogen (secondary N) is 1. The molecule has 2 fully saturated rings. The van der Waals surface area contributed by atoms with Gasteiger partial charge in [-0.05, 0) is 36.2 Å². The van der Waals surface area contributed by atoms with Gasteiger partial charge in [-0.3, -0.25) is 19.9 Å². The Labute approximate surface area is 169 Å². The van der Waals surface area contributed by atoms with E-state index in [9.17, 15) is 10.1 Å². The first kappa shape index (κ1) is 20.2. The summed E-state index contributed by atoms with van der Waals surface area (Å²) < 4.78 is 0. The zero-order chi connectivity index (χ0) is 17.9. The lowest BCUT2D eigenvalue weighted by Gasteiger charge is -2.32. The second kappa shape index (κ2) is 9.12. The van der Waals surface area contributed by atoms with E-state index in [0.29, 0.717) is 6.04 Å². The first-order chi connectivity index (χ1) is 12.7. The monoisotopic (exact) mass is 408 g/mol. The number of benzene rings is 1. The van der Waals surface area contributed by atoms with Crippen LogP contribution >= 0.6 is 23.7 Å². The lowest BCUT2D eigenvalue weighted by Crippen LogP contribution is -2.49. The largest absolute Gasteiger partial charge is 0.314 e. The van der Waals surface area contributed by atoms with Crippen LogP contribution in [0.1, 0.15) is 11.3 Å². The summed E-state index contributed by atoms with van der Waals surface area (Å²) in [6.45, 7) is 7.88. The zero-order valence-corrected chi connectivity index (χ0v) is 16.8. The van der Waals surface area contributed by atoms with E-state index in [4.69, 9.17) is 0 Å². The molecule has 2 saturated heterocycles. The van der Waals surface area contributed by atoms with Crippen LogP contribution < -0.4 is 5.32 Å². The van der Waals surface area contributed by atoms with E-state index in [-0.39, 0.29) is 23.0 Å². The van der Waals surface area contributed by atoms with Crippen molar-refractivity contribution in [1.82, 2.24) is 15.1 Å². The van der Waals surface area contributed by atoms with Gasteiger partial charge in [0.2, 0.25) is 0 Å². The third kappa shape index (κ3) is 4.86. The fourth-order valence-corrected chi connectivity index (χ4v) is 4.94. The maximum atomic E-state index is 10.8. The van der Waals surface area contributed by atoms with E-state index in [2.05, 4.69) is 27.2 Å². The Kier molecular flexibility index (Phi) is 6.83. The molecule has 0 aliphatic carbocycles. The minimum Gasteiger partial charge on any atom is -0.314 e. The summed E-state index contributed by atoms with van der Waals surface area (Å²) in [5.74, 6) is 0. The number of hydrogen-bond acceptors (Lipinski definition) is 6. The van der Waals surface area contributed by atoms with Crippen molar-refractivity contribution < 1.29 is 4.92 Å². The highest BCUT2D eigenvalue weighted by atomic mass is 35.5. The van der Waals surface area contributed by atoms with Gasteiger partial charge >= 0.3 is 0 Å². The van der Waals surface area contributed by atoms with Gasteiger partial charge in [-0.2, -0.15) is 0 Å². The molecular weight excluding hydrogens is 384 g/mol. The molecule has 2 aliphatic rings. The smallest absolute Gasteiger partial charge is 0.269 e. The maximum Gasteiger partial charge on any atom is 0.269 e. The van der Waals surface area contributed by atoms with Crippen LogP contribution in [-0.4, -0.2) is 60.0 Å². The van der Waals surface area contributed by atoms with E-state index in [1.807, 2.05) is 12.1 Å². The van der Waals surface area contributed by atoms with Crippen LogP contribution in [-0.2, 0) is 6.54 Å². The zero-order valence-electron chi connectivity index (χ0n) is 15.2. The molecule has 0 radical (unpaired) electrons. The third-order valence-electron chi connectivity index (χ3n) is 5.32. The minimum absolute atomic E-state index is 0. The quantitative estimate of drug-likeness (QED) is 0.608. The molecule has 0 amide bonds. The number of non-ortho nitro benzene ring substituents is 1. The van der Waals surface area contributed by atoms with Gasteiger partial charge in [-0.15, -0.1) is 23.7 Å². The molecule has 27 heavy (non-hydrogen) atoms. The van der Waals surface area contributed by atoms with Crippen LogP contribution in [0.4, 0.5) is 5.69 Å². The minimum atomic E-state index is -0.355. The van der Waals surface area contributed by atoms with Crippen LogP contribution in [0.25, 0.3) is 10.4 Å². The van der Waals surface area contributed by atoms with E-state index < -0.39 is 0 Å². The van der Waals surface area contributed by atoms with Gasteiger partial charge < -0.3 is 5.32 Å². The average Bonchev–Trinajstić information content (AvgIpc) is 3.33. The SMILES string of the molecule is Cl.O=[N+]([O-])c1ccc(-c2ccc(CN3CCC(N4CCNCC4)C3)s2)cc1. The van der Waals surface area contributed by atoms with Gasteiger partial charge in [0.25, 0.3) is 5.69 Å². The molecule has 4 rings (SSSR count). The molecule has 1 aromatic carbocycles. The summed E-state index contributed by atoms with van der Waals surface area (Å²) >= 11 is 1.79. The standard InChI is InChI=1S/C19H24N4O2S.ClH/c24-23(25)16-3-1-15(2-4-16)19-6-5-18(26-19)14-21-10-7-17(13-21)22-11-8-20-9-12-22;/h1-6,17,20H,7-14H2;1H. The lowest BCUT2D eigenvalue weighted by atomic mass is 10.2. The molecule has 1 unspecified atom stereocenters. The molecule has 1 N–H and O–H groups in total. The van der Waals surface area contributed by atoms with Crippen LogP contribution in [0.15, 0.2) is 36.4 Å². The second-order valence-corrected chi connectivity index (χ2v) is 8.20. The van der Waals surface area contributed by atoms with Gasteiger partial charge in [0, 0.05) is 73.7 Å². The number of halogens is 1. The van der Waals surface area contributed by atoms with Crippen LogP contribution in [0, 0.1) is 10.1 Å². The van der Waals surface area contributed by atoms with E-state index in [1.54, 1.807) is 23.5 Å². The Morgan fingerprint density at radius 3 is 2.56 bits per heavy atom. The van der Waals surface area contributed by atoms with Crippen LogP contribution in [0.5, 0.6) is 0 Å². The molecule has 146 valence electrons. The summed E-state index contributed by atoms with van der Waals surface area (Å²) in [4.78, 5) is 18.1. The number of thiophene rings is 1. The summed E-state index contributed by atoms with van der Waals surface area (Å²) in [6.07, 6.45) is 1.26. The van der Waals surface area contributed by atoms with E-state index in [0.717, 1.165) is 31.7 Å². The van der Waals surface area contributed by atoms with E-state index >= 15 is 0 Å². The maximum absolute atomic E-state index is 10.8. The molecule has 8 heteroatoms. The van der Waals surface area contributed by atoms with Crippen molar-refractivity contribution in [3.63, 3.8) is 0 Å². The van der Waals surface area contributed by atoms with Gasteiger partial charge in [0.15, 0.2) is 0 Å². The predicted octanol–water partition coefficient (Wildman–Crippen LogP) is 3.22. The molecular formula is C19H25ClN4O2S. The number of piperazine rings is 1. The highest BCUT2D eigenvalue weighted by molar-refractivity contribution is 7.15. The number of nitrogens with zero attached hydrogens (tertiary/aromatic N) is 3. The Balaban J connectivity index is 0.00000210. The van der Waals surface area contributed by atoms with Gasteiger partial charge in [0.05, 0.1) is 4.92 Å². The first-order valence-electron chi connectivity index (χ1n) is 9.20. The van der Waals surface area contributed by atoms with Crippen LogP contribution in [0.3, 0.4) is 0 Å². The number of nitro benzene ring substituents is 1. The topological polar surface area (TPSA) is 61.7 Å². The molecule has 0 saturated carbocycles. The highest BCUT2D eigenvalue weighted by Gasteiger charge is 2.28. The Bertz CT molecular complexity index is 761. The number of likely N-dealkylation sites (tertiary alicyclic amines) is 1. The molecule has 0 spiro atoms. The third-order valence-corrected chi connectivity index (χ3v) is 6.44. The van der Waals surface area contributed by atoms with Crippen molar-refractivity contribution in [2.75, 3.05) is 39.3 Å². The van der Waals surface area contributed by atoms with Gasteiger partial charge in [0.1, 0.15) is 0 Å². The first-order valence-corrected chi connectivity index (χ1v) is 10.0. The molecule has 2 aromatic rings. The molecule has 1 atom stereocenters. The molecule has 2 aliphatic heterocycles. The van der Waals surface area contributed by atoms with Crippen LogP contribution in [0.2, 0.25) is 0 Å². The second-order valence-electron chi connectivity index (χ2n) is 7.03.